The third kappa shape index (κ3) is 7.02. The summed E-state index contributed by atoms with van der Waals surface area (Å²) in [4.78, 5) is 17.5. The molecule has 4 aromatic carbocycles. The van der Waals surface area contributed by atoms with Gasteiger partial charge < -0.3 is 14.6 Å². The number of aromatic nitrogens is 2. The molecule has 0 saturated carbocycles. The first-order valence-corrected chi connectivity index (χ1v) is 14.7. The van der Waals surface area contributed by atoms with Gasteiger partial charge in [-0.1, -0.05) is 90.5 Å². The van der Waals surface area contributed by atoms with Gasteiger partial charge >= 0.3 is 0 Å². The number of carbonyl (C=O) groups excluding carboxylic acids is 1. The molecule has 5 nitrogen and oxygen atoms in total. The number of rotatable bonds is 11. The molecule has 2 aromatic heterocycles. The molecule has 43 heavy (non-hydrogen) atoms. The molecule has 0 spiro atoms. The number of ether oxygens (including phenoxy) is 1. The summed E-state index contributed by atoms with van der Waals surface area (Å²) in [5.41, 5.74) is 8.00. The van der Waals surface area contributed by atoms with Gasteiger partial charge in [0.2, 0.25) is 5.91 Å². The molecule has 1 N–H and O–H groups in total. The summed E-state index contributed by atoms with van der Waals surface area (Å²) < 4.78 is 8.36. The van der Waals surface area contributed by atoms with Gasteiger partial charge in [0.15, 0.2) is 0 Å². The molecule has 5 heteroatoms. The van der Waals surface area contributed by atoms with E-state index in [1.807, 2.05) is 42.5 Å². The summed E-state index contributed by atoms with van der Waals surface area (Å²) in [6, 6.07) is 39.3. The summed E-state index contributed by atoms with van der Waals surface area (Å²) in [5, 5.41) is 4.28. The molecule has 0 unspecified atom stereocenters. The maximum Gasteiger partial charge on any atom is 0.221 e. The average molecular weight is 566 g/mol. The predicted molar refractivity (Wildman–Crippen MR) is 172 cm³/mol. The van der Waals surface area contributed by atoms with E-state index in [1.165, 1.54) is 11.1 Å². The van der Waals surface area contributed by atoms with E-state index in [0.717, 1.165) is 45.5 Å². The van der Waals surface area contributed by atoms with Gasteiger partial charge in [0, 0.05) is 54.9 Å². The molecule has 2 heterocycles. The molecule has 0 saturated heterocycles. The van der Waals surface area contributed by atoms with E-state index < -0.39 is 0 Å². The molecule has 0 aliphatic carbocycles. The fourth-order valence-electron chi connectivity index (χ4n) is 5.48. The lowest BCUT2D eigenvalue weighted by Crippen LogP contribution is -2.25. The highest BCUT2D eigenvalue weighted by atomic mass is 16.5. The Labute approximate surface area is 252 Å². The molecule has 0 radical (unpaired) electrons. The molecule has 0 bridgehead atoms. The number of benzene rings is 4. The molecule has 0 fully saturated rings. The van der Waals surface area contributed by atoms with Crippen LogP contribution in [0.1, 0.15) is 45.7 Å². The smallest absolute Gasteiger partial charge is 0.221 e. The normalized spacial score (nSPS) is 11.7. The quantitative estimate of drug-likeness (QED) is 0.174. The van der Waals surface area contributed by atoms with E-state index in [9.17, 15) is 4.79 Å². The van der Waals surface area contributed by atoms with Crippen LogP contribution in [0.2, 0.25) is 0 Å². The van der Waals surface area contributed by atoms with Crippen LogP contribution in [0.25, 0.3) is 10.9 Å². The Morgan fingerprint density at radius 1 is 0.791 bits per heavy atom. The summed E-state index contributed by atoms with van der Waals surface area (Å²) >= 11 is 0. The van der Waals surface area contributed by atoms with Crippen molar-refractivity contribution >= 4 is 16.8 Å². The Kier molecular flexibility index (Phi) is 8.60. The highest BCUT2D eigenvalue weighted by Crippen LogP contribution is 2.36. The monoisotopic (exact) mass is 565 g/mol. The Morgan fingerprint density at radius 3 is 2.28 bits per heavy atom. The van der Waals surface area contributed by atoms with Crippen molar-refractivity contribution in [3.8, 4) is 5.75 Å². The second-order valence-corrected chi connectivity index (χ2v) is 10.9. The summed E-state index contributed by atoms with van der Waals surface area (Å²) in [6.07, 6.45) is 6.04. The van der Waals surface area contributed by atoms with E-state index in [2.05, 4.69) is 101 Å². The van der Waals surface area contributed by atoms with Gasteiger partial charge in [-0.25, -0.2) is 0 Å². The van der Waals surface area contributed by atoms with Crippen molar-refractivity contribution in [2.45, 2.75) is 39.0 Å². The Hall–Kier alpha value is -5.16. The van der Waals surface area contributed by atoms with Crippen LogP contribution in [-0.2, 0) is 24.5 Å². The number of nitrogens with zero attached hydrogens (tertiary/aromatic N) is 2. The Morgan fingerprint density at radius 2 is 1.51 bits per heavy atom. The van der Waals surface area contributed by atoms with E-state index in [4.69, 9.17) is 4.74 Å². The largest absolute Gasteiger partial charge is 0.489 e. The van der Waals surface area contributed by atoms with Crippen LogP contribution in [0, 0.1) is 6.92 Å². The first kappa shape index (κ1) is 28.0. The minimum absolute atomic E-state index is 0.00146. The molecule has 1 amide bonds. The van der Waals surface area contributed by atoms with Crippen LogP contribution < -0.4 is 10.1 Å². The zero-order valence-corrected chi connectivity index (χ0v) is 24.3. The fraction of sp³-hybridized carbons (Fsp3) is 0.158. The number of hydrogen-bond donors (Lipinski definition) is 1. The van der Waals surface area contributed by atoms with Crippen molar-refractivity contribution in [1.82, 2.24) is 14.9 Å². The van der Waals surface area contributed by atoms with Gasteiger partial charge in [-0.05, 0) is 65.1 Å². The third-order valence-corrected chi connectivity index (χ3v) is 7.83. The van der Waals surface area contributed by atoms with Crippen molar-refractivity contribution in [3.63, 3.8) is 0 Å². The highest BCUT2D eigenvalue weighted by molar-refractivity contribution is 5.87. The van der Waals surface area contributed by atoms with E-state index in [0.29, 0.717) is 19.6 Å². The van der Waals surface area contributed by atoms with Gasteiger partial charge in [-0.2, -0.15) is 0 Å². The SMILES string of the molecule is Cc1ccc(Cn2cc([C@H](CC(=O)NCc3ccncc3)c3ccc(OCc4ccccc4)cc3)c3ccccc32)cc1. The number of fused-ring (bicyclic) bond motifs is 1. The zero-order chi connectivity index (χ0) is 29.4. The molecule has 214 valence electrons. The molecular weight excluding hydrogens is 530 g/mol. The highest BCUT2D eigenvalue weighted by Gasteiger charge is 2.23. The first-order valence-electron chi connectivity index (χ1n) is 14.7. The van der Waals surface area contributed by atoms with Crippen molar-refractivity contribution < 1.29 is 9.53 Å². The van der Waals surface area contributed by atoms with Gasteiger partial charge in [0.05, 0.1) is 0 Å². The summed E-state index contributed by atoms with van der Waals surface area (Å²) in [6.45, 7) is 3.84. The predicted octanol–water partition coefficient (Wildman–Crippen LogP) is 7.81. The number of para-hydroxylation sites is 1. The van der Waals surface area contributed by atoms with Gasteiger partial charge in [-0.3, -0.25) is 9.78 Å². The minimum atomic E-state index is -0.134. The third-order valence-electron chi connectivity index (χ3n) is 7.83. The lowest BCUT2D eigenvalue weighted by atomic mass is 9.88. The topological polar surface area (TPSA) is 56.2 Å². The molecule has 0 aliphatic heterocycles. The van der Waals surface area contributed by atoms with Crippen LogP contribution in [0.5, 0.6) is 5.75 Å². The average Bonchev–Trinajstić information content (AvgIpc) is 3.42. The maximum absolute atomic E-state index is 13.4. The minimum Gasteiger partial charge on any atom is -0.489 e. The van der Waals surface area contributed by atoms with Gasteiger partial charge in [0.1, 0.15) is 12.4 Å². The van der Waals surface area contributed by atoms with Crippen LogP contribution in [-0.4, -0.2) is 15.5 Å². The lowest BCUT2D eigenvalue weighted by molar-refractivity contribution is -0.121. The Balaban J connectivity index is 1.30. The second-order valence-electron chi connectivity index (χ2n) is 10.9. The molecule has 1 atom stereocenters. The number of pyridine rings is 1. The zero-order valence-electron chi connectivity index (χ0n) is 24.3. The standard InChI is InChI=1S/C38H35N3O2/c1-28-11-13-30(14-12-28)25-41-26-36(34-9-5-6-10-37(34)41)35(23-38(42)40-24-29-19-21-39-22-20-29)32-15-17-33(18-16-32)43-27-31-7-3-2-4-8-31/h2-22,26,35H,23-25,27H2,1H3,(H,40,42)/t35-/m1/s1. The Bertz CT molecular complexity index is 1780. The molecule has 0 aliphatic rings. The van der Waals surface area contributed by atoms with Crippen LogP contribution >= 0.6 is 0 Å². The first-order chi connectivity index (χ1) is 21.1. The van der Waals surface area contributed by atoms with Crippen LogP contribution in [0.15, 0.2) is 134 Å². The van der Waals surface area contributed by atoms with E-state index in [-0.39, 0.29) is 11.8 Å². The van der Waals surface area contributed by atoms with Crippen LogP contribution in [0.4, 0.5) is 0 Å². The molecule has 6 aromatic rings. The maximum atomic E-state index is 13.4. The number of nitrogens with one attached hydrogen (secondary N) is 1. The summed E-state index contributed by atoms with van der Waals surface area (Å²) in [7, 11) is 0. The van der Waals surface area contributed by atoms with E-state index >= 15 is 0 Å². The fourth-order valence-corrected chi connectivity index (χ4v) is 5.48. The van der Waals surface area contributed by atoms with Crippen molar-refractivity contribution in [2.24, 2.45) is 0 Å². The van der Waals surface area contributed by atoms with E-state index in [1.54, 1.807) is 12.4 Å². The number of hydrogen-bond acceptors (Lipinski definition) is 3. The van der Waals surface area contributed by atoms with Gasteiger partial charge in [0.25, 0.3) is 0 Å². The van der Waals surface area contributed by atoms with Crippen molar-refractivity contribution in [3.05, 3.63) is 167 Å². The van der Waals surface area contributed by atoms with Crippen molar-refractivity contribution in [1.29, 1.82) is 0 Å². The lowest BCUT2D eigenvalue weighted by Gasteiger charge is -2.18. The van der Waals surface area contributed by atoms with Gasteiger partial charge in [-0.15, -0.1) is 0 Å². The molecule has 6 rings (SSSR count). The number of carbonyl (C=O) groups is 1. The van der Waals surface area contributed by atoms with Crippen LogP contribution in [0.3, 0.4) is 0 Å². The summed E-state index contributed by atoms with van der Waals surface area (Å²) in [5.74, 6) is 0.668. The number of aryl methyl sites for hydroxylation is 1. The number of amides is 1. The molecular formula is C38H35N3O2. The second kappa shape index (κ2) is 13.2. The van der Waals surface area contributed by atoms with Crippen molar-refractivity contribution in [2.75, 3.05) is 0 Å².